The molecule has 0 spiro atoms. The quantitative estimate of drug-likeness (QED) is 0.689. The molecule has 4 fully saturated rings. The summed E-state index contributed by atoms with van der Waals surface area (Å²) in [5.41, 5.74) is 0.913. The number of rotatable bonds is 4. The predicted octanol–water partition coefficient (Wildman–Crippen LogP) is 4.92. The number of nitriles is 1. The van der Waals surface area contributed by atoms with Crippen LogP contribution in [0.25, 0.3) is 0 Å². The predicted molar refractivity (Wildman–Crippen MR) is 73.9 cm³/mol. The summed E-state index contributed by atoms with van der Waals surface area (Å²) in [4.78, 5) is 0. The van der Waals surface area contributed by atoms with E-state index in [9.17, 15) is 0 Å². The summed E-state index contributed by atoms with van der Waals surface area (Å²) in [5.74, 6) is 3.12. The van der Waals surface area contributed by atoms with E-state index in [4.69, 9.17) is 5.26 Å². The van der Waals surface area contributed by atoms with Crippen molar-refractivity contribution in [1.82, 2.24) is 0 Å². The van der Waals surface area contributed by atoms with E-state index < -0.39 is 0 Å². The molecule has 4 aliphatic rings. The Bertz CT molecular complexity index is 329. The second-order valence-electron chi connectivity index (χ2n) is 8.09. The maximum atomic E-state index is 9.10. The molecule has 1 heteroatoms. The largest absolute Gasteiger partial charge is 0.198 e. The summed E-state index contributed by atoms with van der Waals surface area (Å²) in [7, 11) is 0. The van der Waals surface area contributed by atoms with Crippen LogP contribution in [0.3, 0.4) is 0 Å². The Morgan fingerprint density at radius 2 is 1.61 bits per heavy atom. The van der Waals surface area contributed by atoms with Gasteiger partial charge in [0.2, 0.25) is 0 Å². The molecular weight excluding hydrogens is 218 g/mol. The van der Waals surface area contributed by atoms with Crippen molar-refractivity contribution >= 4 is 0 Å². The number of hydrogen-bond donors (Lipinski definition) is 0. The fraction of sp³-hybridized carbons (Fsp3) is 0.941. The van der Waals surface area contributed by atoms with E-state index in [1.165, 1.54) is 51.4 Å². The minimum Gasteiger partial charge on any atom is -0.198 e. The lowest BCUT2D eigenvalue weighted by atomic mass is 9.47. The maximum Gasteiger partial charge on any atom is 0.0627 e. The van der Waals surface area contributed by atoms with Gasteiger partial charge in [0, 0.05) is 6.42 Å². The molecule has 1 atom stereocenters. The van der Waals surface area contributed by atoms with Crippen molar-refractivity contribution < 1.29 is 0 Å². The van der Waals surface area contributed by atoms with Crippen molar-refractivity contribution in [3.05, 3.63) is 0 Å². The van der Waals surface area contributed by atoms with Gasteiger partial charge in [-0.25, -0.2) is 0 Å². The van der Waals surface area contributed by atoms with Gasteiger partial charge in [-0.3, -0.25) is 0 Å². The molecule has 0 saturated heterocycles. The van der Waals surface area contributed by atoms with Gasteiger partial charge in [0.1, 0.15) is 0 Å². The van der Waals surface area contributed by atoms with Gasteiger partial charge in [0.25, 0.3) is 0 Å². The first-order chi connectivity index (χ1) is 8.56. The summed E-state index contributed by atoms with van der Waals surface area (Å²) in [6.45, 7) is 4.63. The zero-order chi connectivity index (χ0) is 12.8. The van der Waals surface area contributed by atoms with Crippen LogP contribution in [0, 0.1) is 39.9 Å². The third kappa shape index (κ3) is 2.09. The summed E-state index contributed by atoms with van der Waals surface area (Å²) >= 11 is 0. The molecule has 1 nitrogen and oxygen atoms in total. The van der Waals surface area contributed by atoms with Crippen molar-refractivity contribution in [2.24, 2.45) is 28.6 Å². The van der Waals surface area contributed by atoms with Gasteiger partial charge in [-0.2, -0.15) is 5.26 Å². The monoisotopic (exact) mass is 245 g/mol. The van der Waals surface area contributed by atoms with Gasteiger partial charge in [-0.05, 0) is 80.0 Å². The Morgan fingerprint density at radius 3 is 2.00 bits per heavy atom. The van der Waals surface area contributed by atoms with Crippen LogP contribution in [0.4, 0.5) is 0 Å². The third-order valence-electron chi connectivity index (χ3n) is 6.33. The highest BCUT2D eigenvalue weighted by molar-refractivity contribution is 5.04. The normalized spacial score (nSPS) is 44.6. The first-order valence-electron chi connectivity index (χ1n) is 7.93. The van der Waals surface area contributed by atoms with Crippen molar-refractivity contribution in [3.63, 3.8) is 0 Å². The molecule has 0 aromatic carbocycles. The van der Waals surface area contributed by atoms with Crippen molar-refractivity contribution in [2.75, 3.05) is 0 Å². The molecule has 18 heavy (non-hydrogen) atoms. The smallest absolute Gasteiger partial charge is 0.0627 e. The van der Waals surface area contributed by atoms with Gasteiger partial charge < -0.3 is 0 Å². The van der Waals surface area contributed by atoms with E-state index in [1.807, 2.05) is 0 Å². The molecule has 4 saturated carbocycles. The first kappa shape index (κ1) is 12.5. The van der Waals surface area contributed by atoms with Crippen molar-refractivity contribution in [1.29, 1.82) is 5.26 Å². The van der Waals surface area contributed by atoms with Crippen molar-refractivity contribution in [3.8, 4) is 6.07 Å². The van der Waals surface area contributed by atoms with E-state index in [0.29, 0.717) is 5.41 Å². The fourth-order valence-corrected chi connectivity index (χ4v) is 5.92. The molecule has 0 heterocycles. The Kier molecular flexibility index (Phi) is 2.96. The average molecular weight is 245 g/mol. The Labute approximate surface area is 112 Å². The second-order valence-corrected chi connectivity index (χ2v) is 8.09. The van der Waals surface area contributed by atoms with E-state index in [1.54, 1.807) is 0 Å². The molecule has 0 aromatic rings. The van der Waals surface area contributed by atoms with Gasteiger partial charge in [0.15, 0.2) is 0 Å². The fourth-order valence-electron chi connectivity index (χ4n) is 5.92. The van der Waals surface area contributed by atoms with Gasteiger partial charge in [-0.15, -0.1) is 0 Å². The molecule has 1 unspecified atom stereocenters. The van der Waals surface area contributed by atoms with Crippen LogP contribution < -0.4 is 0 Å². The molecule has 0 N–H and O–H groups in total. The Hall–Kier alpha value is -0.510. The van der Waals surface area contributed by atoms with Crippen LogP contribution in [0.15, 0.2) is 0 Å². The van der Waals surface area contributed by atoms with Crippen LogP contribution in [0.2, 0.25) is 0 Å². The van der Waals surface area contributed by atoms with E-state index in [2.05, 4.69) is 19.9 Å². The topological polar surface area (TPSA) is 23.8 Å². The third-order valence-corrected chi connectivity index (χ3v) is 6.33. The summed E-state index contributed by atoms with van der Waals surface area (Å²) in [6.07, 6.45) is 12.3. The zero-order valence-corrected chi connectivity index (χ0v) is 12.0. The number of nitrogens with zero attached hydrogens (tertiary/aromatic N) is 1. The minimum absolute atomic E-state index is 0.278. The highest BCUT2D eigenvalue weighted by atomic mass is 14.6. The van der Waals surface area contributed by atoms with Crippen LogP contribution >= 0.6 is 0 Å². The molecule has 100 valence electrons. The first-order valence-corrected chi connectivity index (χ1v) is 7.93. The standard InChI is InChI=1S/C17H27N/c1-3-16(2,4-5-18)12-17-9-13-6-14(10-17)8-15(7-13)11-17/h13-15H,3-4,6-12H2,1-2H3. The molecule has 0 aliphatic heterocycles. The van der Waals surface area contributed by atoms with E-state index in [-0.39, 0.29) is 5.41 Å². The van der Waals surface area contributed by atoms with E-state index >= 15 is 0 Å². The molecule has 4 rings (SSSR count). The highest BCUT2D eigenvalue weighted by Crippen LogP contribution is 2.63. The summed E-state index contributed by atoms with van der Waals surface area (Å²) in [5, 5.41) is 9.10. The minimum atomic E-state index is 0.278. The molecule has 4 bridgehead atoms. The summed E-state index contributed by atoms with van der Waals surface area (Å²) < 4.78 is 0. The lowest BCUT2D eigenvalue weighted by molar-refractivity contribution is -0.0763. The highest BCUT2D eigenvalue weighted by Gasteiger charge is 2.52. The van der Waals surface area contributed by atoms with Gasteiger partial charge >= 0.3 is 0 Å². The lowest BCUT2D eigenvalue weighted by Gasteiger charge is -2.58. The molecule has 4 aliphatic carbocycles. The lowest BCUT2D eigenvalue weighted by Crippen LogP contribution is -2.47. The van der Waals surface area contributed by atoms with Gasteiger partial charge in [0.05, 0.1) is 6.07 Å². The second kappa shape index (κ2) is 4.26. The van der Waals surface area contributed by atoms with Gasteiger partial charge in [-0.1, -0.05) is 13.8 Å². The van der Waals surface area contributed by atoms with Crippen LogP contribution in [0.5, 0.6) is 0 Å². The van der Waals surface area contributed by atoms with E-state index in [0.717, 1.165) is 24.2 Å². The maximum absolute atomic E-state index is 9.10. The van der Waals surface area contributed by atoms with Crippen LogP contribution in [-0.4, -0.2) is 0 Å². The Balaban J connectivity index is 1.77. The molecular formula is C17H27N. The summed E-state index contributed by atoms with van der Waals surface area (Å²) in [6, 6.07) is 2.44. The van der Waals surface area contributed by atoms with Crippen LogP contribution in [-0.2, 0) is 0 Å². The number of hydrogen-bond acceptors (Lipinski definition) is 1. The molecule has 0 radical (unpaired) electrons. The zero-order valence-electron chi connectivity index (χ0n) is 12.0. The molecule has 0 aromatic heterocycles. The SMILES string of the molecule is CCC(C)(CC#N)CC12CC3CC(CC(C3)C1)C2. The van der Waals surface area contributed by atoms with Crippen molar-refractivity contribution in [2.45, 2.75) is 71.6 Å². The average Bonchev–Trinajstić information content (AvgIpc) is 2.26. The Morgan fingerprint density at radius 1 is 1.11 bits per heavy atom. The van der Waals surface area contributed by atoms with Crippen LogP contribution in [0.1, 0.15) is 71.6 Å². The molecule has 0 amide bonds.